The zero-order valence-corrected chi connectivity index (χ0v) is 10.8. The van der Waals surface area contributed by atoms with Crippen molar-refractivity contribution < 1.29 is 14.3 Å². The van der Waals surface area contributed by atoms with E-state index in [4.69, 9.17) is 5.11 Å². The SMILES string of the molecule is O=C(/C=C/c1ccccc1F)N(CCO)C1CCC1. The van der Waals surface area contributed by atoms with Crippen molar-refractivity contribution in [3.05, 3.63) is 41.7 Å². The highest BCUT2D eigenvalue weighted by Gasteiger charge is 2.26. The minimum absolute atomic E-state index is 0.0459. The Balaban J connectivity index is 2.04. The molecule has 0 atom stereocenters. The second kappa shape index (κ2) is 6.48. The lowest BCUT2D eigenvalue weighted by Crippen LogP contribution is -2.44. The van der Waals surface area contributed by atoms with Crippen molar-refractivity contribution in [1.82, 2.24) is 4.90 Å². The molecule has 102 valence electrons. The first-order chi connectivity index (χ1) is 9.22. The topological polar surface area (TPSA) is 40.5 Å². The van der Waals surface area contributed by atoms with Crippen LogP contribution in [0.2, 0.25) is 0 Å². The summed E-state index contributed by atoms with van der Waals surface area (Å²) >= 11 is 0. The molecule has 19 heavy (non-hydrogen) atoms. The Labute approximate surface area is 112 Å². The van der Waals surface area contributed by atoms with Crippen molar-refractivity contribution in [3.63, 3.8) is 0 Å². The summed E-state index contributed by atoms with van der Waals surface area (Å²) in [6, 6.07) is 6.55. The minimum atomic E-state index is -0.344. The summed E-state index contributed by atoms with van der Waals surface area (Å²) in [5.41, 5.74) is 0.397. The number of carbonyl (C=O) groups is 1. The van der Waals surface area contributed by atoms with Crippen molar-refractivity contribution >= 4 is 12.0 Å². The fraction of sp³-hybridized carbons (Fsp3) is 0.400. The van der Waals surface area contributed by atoms with Crippen LogP contribution in [-0.4, -0.2) is 35.1 Å². The van der Waals surface area contributed by atoms with E-state index in [1.165, 1.54) is 18.2 Å². The molecule has 0 bridgehead atoms. The van der Waals surface area contributed by atoms with Crippen LogP contribution in [0.5, 0.6) is 0 Å². The van der Waals surface area contributed by atoms with Crippen LogP contribution in [0, 0.1) is 5.82 Å². The van der Waals surface area contributed by atoms with Gasteiger partial charge in [0.1, 0.15) is 5.82 Å². The molecular weight excluding hydrogens is 245 g/mol. The quantitative estimate of drug-likeness (QED) is 0.827. The number of hydrogen-bond acceptors (Lipinski definition) is 2. The van der Waals surface area contributed by atoms with Gasteiger partial charge in [-0.2, -0.15) is 0 Å². The van der Waals surface area contributed by atoms with Crippen molar-refractivity contribution in [2.24, 2.45) is 0 Å². The highest BCUT2D eigenvalue weighted by atomic mass is 19.1. The molecule has 1 N–H and O–H groups in total. The molecule has 1 aromatic rings. The summed E-state index contributed by atoms with van der Waals surface area (Å²) in [5.74, 6) is -0.508. The molecule has 2 rings (SSSR count). The largest absolute Gasteiger partial charge is 0.395 e. The zero-order valence-electron chi connectivity index (χ0n) is 10.8. The third-order valence-corrected chi connectivity index (χ3v) is 3.45. The first-order valence-electron chi connectivity index (χ1n) is 6.56. The average molecular weight is 263 g/mol. The maximum atomic E-state index is 13.4. The zero-order chi connectivity index (χ0) is 13.7. The number of halogens is 1. The number of aliphatic hydroxyl groups is 1. The number of nitrogens with zero attached hydrogens (tertiary/aromatic N) is 1. The Morgan fingerprint density at radius 1 is 1.42 bits per heavy atom. The number of benzene rings is 1. The van der Waals surface area contributed by atoms with E-state index in [2.05, 4.69) is 0 Å². The monoisotopic (exact) mass is 263 g/mol. The molecule has 1 fully saturated rings. The Bertz CT molecular complexity index is 469. The Hall–Kier alpha value is -1.68. The molecule has 1 aromatic carbocycles. The van der Waals surface area contributed by atoms with E-state index in [0.29, 0.717) is 12.1 Å². The fourth-order valence-electron chi connectivity index (χ4n) is 2.15. The molecule has 1 aliphatic rings. The predicted octanol–water partition coefficient (Wildman–Crippen LogP) is 2.21. The van der Waals surface area contributed by atoms with Gasteiger partial charge in [0.05, 0.1) is 6.61 Å². The molecule has 3 nitrogen and oxygen atoms in total. The molecule has 4 heteroatoms. The van der Waals surface area contributed by atoms with E-state index in [1.807, 2.05) is 0 Å². The molecule has 1 amide bonds. The number of carbonyl (C=O) groups excluding carboxylic acids is 1. The lowest BCUT2D eigenvalue weighted by Gasteiger charge is -2.36. The van der Waals surface area contributed by atoms with Gasteiger partial charge in [0.15, 0.2) is 0 Å². The predicted molar refractivity (Wildman–Crippen MR) is 71.9 cm³/mol. The molecule has 0 saturated heterocycles. The van der Waals surface area contributed by atoms with Crippen LogP contribution in [-0.2, 0) is 4.79 Å². The highest BCUT2D eigenvalue weighted by molar-refractivity contribution is 5.92. The summed E-state index contributed by atoms with van der Waals surface area (Å²) < 4.78 is 13.4. The van der Waals surface area contributed by atoms with E-state index < -0.39 is 0 Å². The fourth-order valence-corrected chi connectivity index (χ4v) is 2.15. The van der Waals surface area contributed by atoms with E-state index in [1.54, 1.807) is 23.1 Å². The number of amides is 1. The molecular formula is C15H18FNO2. The summed E-state index contributed by atoms with van der Waals surface area (Å²) in [5, 5.41) is 9.01. The third kappa shape index (κ3) is 3.41. The first kappa shape index (κ1) is 13.7. The van der Waals surface area contributed by atoms with E-state index in [9.17, 15) is 9.18 Å². The van der Waals surface area contributed by atoms with Crippen molar-refractivity contribution in [2.75, 3.05) is 13.2 Å². The third-order valence-electron chi connectivity index (χ3n) is 3.45. The van der Waals surface area contributed by atoms with Crippen molar-refractivity contribution in [1.29, 1.82) is 0 Å². The Morgan fingerprint density at radius 2 is 2.16 bits per heavy atom. The number of rotatable bonds is 5. The molecule has 0 unspecified atom stereocenters. The molecule has 0 aromatic heterocycles. The van der Waals surface area contributed by atoms with Crippen LogP contribution in [0.3, 0.4) is 0 Å². The molecule has 1 aliphatic carbocycles. The van der Waals surface area contributed by atoms with Crippen LogP contribution in [0.15, 0.2) is 30.3 Å². The van der Waals surface area contributed by atoms with Gasteiger partial charge < -0.3 is 10.0 Å². The van der Waals surface area contributed by atoms with Gasteiger partial charge in [-0.25, -0.2) is 4.39 Å². The molecule has 0 spiro atoms. The molecule has 0 radical (unpaired) electrons. The van der Waals surface area contributed by atoms with E-state index in [0.717, 1.165) is 19.3 Å². The van der Waals surface area contributed by atoms with Crippen LogP contribution in [0.4, 0.5) is 4.39 Å². The van der Waals surface area contributed by atoms with Gasteiger partial charge in [0, 0.05) is 24.2 Å². The second-order valence-electron chi connectivity index (χ2n) is 4.69. The van der Waals surface area contributed by atoms with Crippen molar-refractivity contribution in [3.8, 4) is 0 Å². The minimum Gasteiger partial charge on any atom is -0.395 e. The van der Waals surface area contributed by atoms with E-state index in [-0.39, 0.29) is 24.4 Å². The lowest BCUT2D eigenvalue weighted by molar-refractivity contribution is -0.130. The van der Waals surface area contributed by atoms with Crippen LogP contribution in [0.25, 0.3) is 6.08 Å². The molecule has 0 heterocycles. The standard InChI is InChI=1S/C15H18FNO2/c16-14-7-2-1-4-12(14)8-9-15(19)17(10-11-18)13-5-3-6-13/h1-2,4,7-9,13,18H,3,5-6,10-11H2/b9-8+. The molecule has 1 saturated carbocycles. The smallest absolute Gasteiger partial charge is 0.246 e. The van der Waals surface area contributed by atoms with Crippen LogP contribution in [0.1, 0.15) is 24.8 Å². The lowest BCUT2D eigenvalue weighted by atomic mass is 9.91. The van der Waals surface area contributed by atoms with Gasteiger partial charge in [0.25, 0.3) is 0 Å². The molecule has 0 aliphatic heterocycles. The maximum Gasteiger partial charge on any atom is 0.246 e. The Morgan fingerprint density at radius 3 is 2.74 bits per heavy atom. The van der Waals surface area contributed by atoms with Gasteiger partial charge in [-0.1, -0.05) is 18.2 Å². The van der Waals surface area contributed by atoms with Gasteiger partial charge in [0.2, 0.25) is 5.91 Å². The van der Waals surface area contributed by atoms with E-state index >= 15 is 0 Å². The summed E-state index contributed by atoms with van der Waals surface area (Å²) in [4.78, 5) is 13.7. The van der Waals surface area contributed by atoms with Crippen molar-refractivity contribution in [2.45, 2.75) is 25.3 Å². The summed E-state index contributed by atoms with van der Waals surface area (Å²) in [7, 11) is 0. The van der Waals surface area contributed by atoms with Crippen LogP contribution < -0.4 is 0 Å². The summed E-state index contributed by atoms with van der Waals surface area (Å²) in [6.07, 6.45) is 5.96. The van der Waals surface area contributed by atoms with Gasteiger partial charge in [-0.3, -0.25) is 4.79 Å². The van der Waals surface area contributed by atoms with Crippen LogP contribution >= 0.6 is 0 Å². The number of hydrogen-bond donors (Lipinski definition) is 1. The summed E-state index contributed by atoms with van der Waals surface area (Å²) in [6.45, 7) is 0.293. The first-order valence-corrected chi connectivity index (χ1v) is 6.56. The highest BCUT2D eigenvalue weighted by Crippen LogP contribution is 2.24. The maximum absolute atomic E-state index is 13.4. The van der Waals surface area contributed by atoms with Gasteiger partial charge in [-0.15, -0.1) is 0 Å². The number of aliphatic hydroxyl groups excluding tert-OH is 1. The second-order valence-corrected chi connectivity index (χ2v) is 4.69. The van der Waals surface area contributed by atoms with Gasteiger partial charge >= 0.3 is 0 Å². The average Bonchev–Trinajstić information content (AvgIpc) is 2.35. The van der Waals surface area contributed by atoms with Gasteiger partial charge in [-0.05, 0) is 31.4 Å². The Kier molecular flexibility index (Phi) is 4.68. The normalized spacial score (nSPS) is 15.5.